The molecule has 0 bridgehead atoms. The van der Waals surface area contributed by atoms with E-state index in [-0.39, 0.29) is 6.10 Å². The van der Waals surface area contributed by atoms with Gasteiger partial charge in [0.2, 0.25) is 0 Å². The van der Waals surface area contributed by atoms with E-state index in [1.165, 1.54) is 0 Å². The number of rotatable bonds is 4. The van der Waals surface area contributed by atoms with Gasteiger partial charge in [0.1, 0.15) is 11.9 Å². The molecule has 2 heteroatoms. The van der Waals surface area contributed by atoms with Crippen molar-refractivity contribution in [2.45, 2.75) is 39.2 Å². The van der Waals surface area contributed by atoms with Crippen molar-refractivity contribution in [3.05, 3.63) is 11.8 Å². The molecule has 1 unspecified atom stereocenters. The van der Waals surface area contributed by atoms with Crippen LogP contribution in [0.1, 0.15) is 33.1 Å². The van der Waals surface area contributed by atoms with Crippen LogP contribution in [0.15, 0.2) is 11.8 Å². The van der Waals surface area contributed by atoms with Crippen molar-refractivity contribution in [1.29, 1.82) is 0 Å². The number of aliphatic hydroxyl groups is 1. The van der Waals surface area contributed by atoms with Gasteiger partial charge in [0, 0.05) is 6.42 Å². The molecule has 0 aromatic carbocycles. The highest BCUT2D eigenvalue weighted by Crippen LogP contribution is 2.18. The number of hydrogen-bond acceptors (Lipinski definition) is 2. The van der Waals surface area contributed by atoms with Crippen molar-refractivity contribution in [2.75, 3.05) is 6.61 Å². The maximum absolute atomic E-state index is 9.60. The van der Waals surface area contributed by atoms with E-state index >= 15 is 0 Å². The van der Waals surface area contributed by atoms with Crippen LogP contribution in [0.2, 0.25) is 0 Å². The minimum absolute atomic E-state index is 0.366. The van der Waals surface area contributed by atoms with Gasteiger partial charge < -0.3 is 9.84 Å². The fourth-order valence-corrected chi connectivity index (χ4v) is 1.30. The molecule has 1 heterocycles. The van der Waals surface area contributed by atoms with Crippen molar-refractivity contribution in [3.8, 4) is 0 Å². The molecule has 0 radical (unpaired) electrons. The minimum Gasteiger partial charge on any atom is -0.495 e. The average molecular weight is 170 g/mol. The summed E-state index contributed by atoms with van der Waals surface area (Å²) in [7, 11) is 0. The molecule has 0 saturated heterocycles. The molecule has 0 aromatic rings. The van der Waals surface area contributed by atoms with Crippen LogP contribution in [0.4, 0.5) is 0 Å². The molecule has 0 spiro atoms. The Morgan fingerprint density at radius 3 is 2.75 bits per heavy atom. The second-order valence-electron chi connectivity index (χ2n) is 3.73. The molecule has 1 aliphatic rings. The van der Waals surface area contributed by atoms with E-state index in [1.54, 1.807) is 0 Å². The van der Waals surface area contributed by atoms with Crippen molar-refractivity contribution in [3.63, 3.8) is 0 Å². The van der Waals surface area contributed by atoms with Gasteiger partial charge in [-0.1, -0.05) is 13.8 Å². The van der Waals surface area contributed by atoms with Gasteiger partial charge in [0.15, 0.2) is 0 Å². The topological polar surface area (TPSA) is 29.5 Å². The molecule has 0 aliphatic carbocycles. The van der Waals surface area contributed by atoms with E-state index in [0.717, 1.165) is 31.6 Å². The molecule has 12 heavy (non-hydrogen) atoms. The molecule has 0 amide bonds. The largest absolute Gasteiger partial charge is 0.495 e. The molecule has 1 rings (SSSR count). The highest BCUT2D eigenvalue weighted by atomic mass is 16.5. The van der Waals surface area contributed by atoms with Crippen molar-refractivity contribution < 1.29 is 9.84 Å². The van der Waals surface area contributed by atoms with Crippen LogP contribution >= 0.6 is 0 Å². The molecule has 0 saturated carbocycles. The molecule has 0 aromatic heterocycles. The lowest BCUT2D eigenvalue weighted by Gasteiger charge is -2.12. The standard InChI is InChI=1S/C10H18O2/c1-8(2)5-6-9(11)10-4-3-7-12-10/h4,8-9,11H,3,5-7H2,1-2H3. The summed E-state index contributed by atoms with van der Waals surface area (Å²) in [6.07, 6.45) is 4.46. The molecule has 70 valence electrons. The van der Waals surface area contributed by atoms with Gasteiger partial charge in [0.05, 0.1) is 6.61 Å². The summed E-state index contributed by atoms with van der Waals surface area (Å²) in [6, 6.07) is 0. The van der Waals surface area contributed by atoms with Crippen molar-refractivity contribution >= 4 is 0 Å². The number of aliphatic hydroxyl groups excluding tert-OH is 1. The molecule has 1 aliphatic heterocycles. The third-order valence-corrected chi connectivity index (χ3v) is 2.08. The first-order valence-corrected chi connectivity index (χ1v) is 4.71. The first-order valence-electron chi connectivity index (χ1n) is 4.71. The van der Waals surface area contributed by atoms with E-state index in [9.17, 15) is 5.11 Å². The predicted octanol–water partition coefficient (Wildman–Crippen LogP) is 2.09. The minimum atomic E-state index is -0.366. The Balaban J connectivity index is 2.23. The lowest BCUT2D eigenvalue weighted by Crippen LogP contribution is -2.11. The number of ether oxygens (including phenoxy) is 1. The number of hydrogen-bond donors (Lipinski definition) is 1. The predicted molar refractivity (Wildman–Crippen MR) is 48.7 cm³/mol. The van der Waals surface area contributed by atoms with Gasteiger partial charge >= 0.3 is 0 Å². The summed E-state index contributed by atoms with van der Waals surface area (Å²) in [6.45, 7) is 5.07. The summed E-state index contributed by atoms with van der Waals surface area (Å²) in [4.78, 5) is 0. The first-order chi connectivity index (χ1) is 5.70. The van der Waals surface area contributed by atoms with E-state index < -0.39 is 0 Å². The SMILES string of the molecule is CC(C)CCC(O)C1=CCCO1. The molecule has 0 fully saturated rings. The Morgan fingerprint density at radius 1 is 1.50 bits per heavy atom. The van der Waals surface area contributed by atoms with Gasteiger partial charge in [-0.15, -0.1) is 0 Å². The fraction of sp³-hybridized carbons (Fsp3) is 0.800. The Labute approximate surface area is 74.2 Å². The summed E-state index contributed by atoms with van der Waals surface area (Å²) in [5, 5.41) is 9.60. The van der Waals surface area contributed by atoms with Gasteiger partial charge in [-0.3, -0.25) is 0 Å². The van der Waals surface area contributed by atoms with Gasteiger partial charge in [0.25, 0.3) is 0 Å². The smallest absolute Gasteiger partial charge is 0.121 e. The van der Waals surface area contributed by atoms with Crippen molar-refractivity contribution in [1.82, 2.24) is 0 Å². The lowest BCUT2D eigenvalue weighted by atomic mass is 10.0. The van der Waals surface area contributed by atoms with Crippen LogP contribution in [0, 0.1) is 5.92 Å². The van der Waals surface area contributed by atoms with Gasteiger partial charge in [-0.25, -0.2) is 0 Å². The second-order valence-corrected chi connectivity index (χ2v) is 3.73. The highest BCUT2D eigenvalue weighted by molar-refractivity contribution is 5.03. The van der Waals surface area contributed by atoms with E-state index in [0.29, 0.717) is 5.92 Å². The maximum Gasteiger partial charge on any atom is 0.121 e. The van der Waals surface area contributed by atoms with Gasteiger partial charge in [-0.05, 0) is 24.8 Å². The quantitative estimate of drug-likeness (QED) is 0.700. The van der Waals surface area contributed by atoms with Crippen LogP contribution in [-0.2, 0) is 4.74 Å². The van der Waals surface area contributed by atoms with E-state index in [4.69, 9.17) is 4.74 Å². The zero-order valence-corrected chi connectivity index (χ0v) is 7.92. The van der Waals surface area contributed by atoms with Crippen LogP contribution in [0.3, 0.4) is 0 Å². The fourth-order valence-electron chi connectivity index (χ4n) is 1.30. The van der Waals surface area contributed by atoms with Crippen LogP contribution in [0.5, 0.6) is 0 Å². The van der Waals surface area contributed by atoms with Crippen molar-refractivity contribution in [2.24, 2.45) is 5.92 Å². The third kappa shape index (κ3) is 2.86. The zero-order chi connectivity index (χ0) is 8.97. The Morgan fingerprint density at radius 2 is 2.25 bits per heavy atom. The Hall–Kier alpha value is -0.500. The Bertz CT molecular complexity index is 161. The summed E-state index contributed by atoms with van der Waals surface area (Å²) < 4.78 is 5.26. The molecule has 1 atom stereocenters. The van der Waals surface area contributed by atoms with E-state index in [2.05, 4.69) is 13.8 Å². The molecular weight excluding hydrogens is 152 g/mol. The molecule has 1 N–H and O–H groups in total. The average Bonchev–Trinajstić information content (AvgIpc) is 2.51. The van der Waals surface area contributed by atoms with Crippen LogP contribution in [-0.4, -0.2) is 17.8 Å². The summed E-state index contributed by atoms with van der Waals surface area (Å²) in [5.41, 5.74) is 0. The monoisotopic (exact) mass is 170 g/mol. The zero-order valence-electron chi connectivity index (χ0n) is 7.92. The molecular formula is C10H18O2. The normalized spacial score (nSPS) is 19.2. The Kier molecular flexibility index (Phi) is 3.60. The molecule has 2 nitrogen and oxygen atoms in total. The van der Waals surface area contributed by atoms with Crippen LogP contribution in [0.25, 0.3) is 0 Å². The second kappa shape index (κ2) is 4.51. The van der Waals surface area contributed by atoms with Crippen LogP contribution < -0.4 is 0 Å². The maximum atomic E-state index is 9.60. The van der Waals surface area contributed by atoms with E-state index in [1.807, 2.05) is 6.08 Å². The third-order valence-electron chi connectivity index (χ3n) is 2.08. The lowest BCUT2D eigenvalue weighted by molar-refractivity contribution is 0.108. The summed E-state index contributed by atoms with van der Waals surface area (Å²) >= 11 is 0. The summed E-state index contributed by atoms with van der Waals surface area (Å²) in [5.74, 6) is 1.44. The highest BCUT2D eigenvalue weighted by Gasteiger charge is 2.15. The first kappa shape index (κ1) is 9.59. The van der Waals surface area contributed by atoms with Gasteiger partial charge in [-0.2, -0.15) is 0 Å².